The second-order valence-corrected chi connectivity index (χ2v) is 4.79. The Morgan fingerprint density at radius 1 is 1.20 bits per heavy atom. The van der Waals surface area contributed by atoms with Crippen molar-refractivity contribution in [3.63, 3.8) is 0 Å². The Bertz CT molecular complexity index is 318. The van der Waals surface area contributed by atoms with Gasteiger partial charge in [-0.2, -0.15) is 0 Å². The van der Waals surface area contributed by atoms with E-state index in [-0.39, 0.29) is 0 Å². The summed E-state index contributed by atoms with van der Waals surface area (Å²) in [6.07, 6.45) is 2.50. The van der Waals surface area contributed by atoms with Crippen LogP contribution in [0.1, 0.15) is 12.8 Å². The Hall–Kier alpha value is -0.960. The number of hydrogen-bond acceptors (Lipinski definition) is 2. The zero-order valence-corrected chi connectivity index (χ0v) is 9.59. The van der Waals surface area contributed by atoms with Gasteiger partial charge in [0, 0.05) is 18.0 Å². The van der Waals surface area contributed by atoms with Crippen LogP contribution in [0.2, 0.25) is 0 Å². The molecule has 80 valence electrons. The molecule has 15 heavy (non-hydrogen) atoms. The number of hydrogen-bond donors (Lipinski definition) is 1. The van der Waals surface area contributed by atoms with Crippen molar-refractivity contribution in [1.29, 1.82) is 5.41 Å². The van der Waals surface area contributed by atoms with Gasteiger partial charge in [0.15, 0.2) is 0 Å². The lowest BCUT2D eigenvalue weighted by atomic mass is 10.4. The van der Waals surface area contributed by atoms with Crippen LogP contribution in [0, 0.1) is 5.41 Å². The van der Waals surface area contributed by atoms with Gasteiger partial charge in [-0.15, -0.1) is 11.8 Å². The van der Waals surface area contributed by atoms with Gasteiger partial charge in [0.05, 0.1) is 5.75 Å². The van der Waals surface area contributed by atoms with Crippen molar-refractivity contribution in [2.75, 3.05) is 18.8 Å². The molecule has 0 bridgehead atoms. The molecule has 1 N–H and O–H groups in total. The predicted octanol–water partition coefficient (Wildman–Crippen LogP) is 2.85. The minimum Gasteiger partial charge on any atom is -0.360 e. The summed E-state index contributed by atoms with van der Waals surface area (Å²) in [5, 5.41) is 7.94. The van der Waals surface area contributed by atoms with Crippen molar-refractivity contribution >= 4 is 17.6 Å². The van der Waals surface area contributed by atoms with Crippen molar-refractivity contribution < 1.29 is 0 Å². The van der Waals surface area contributed by atoms with Crippen LogP contribution in [-0.4, -0.2) is 29.6 Å². The van der Waals surface area contributed by atoms with E-state index in [1.54, 1.807) is 11.8 Å². The van der Waals surface area contributed by atoms with E-state index in [1.807, 2.05) is 18.2 Å². The number of thioether (sulfide) groups is 1. The summed E-state index contributed by atoms with van der Waals surface area (Å²) >= 11 is 1.75. The van der Waals surface area contributed by atoms with Gasteiger partial charge in [0.25, 0.3) is 0 Å². The second kappa shape index (κ2) is 5.21. The molecule has 2 nitrogen and oxygen atoms in total. The third-order valence-electron chi connectivity index (χ3n) is 2.61. The summed E-state index contributed by atoms with van der Waals surface area (Å²) in [7, 11) is 0. The third kappa shape index (κ3) is 2.99. The SMILES string of the molecule is N=C(CSc1ccccc1)N1CCCC1. The maximum absolute atomic E-state index is 7.94. The van der Waals surface area contributed by atoms with Gasteiger partial charge < -0.3 is 4.90 Å². The maximum atomic E-state index is 7.94. The molecule has 0 aromatic heterocycles. The number of rotatable bonds is 3. The normalized spacial score (nSPS) is 15.6. The fraction of sp³-hybridized carbons (Fsp3) is 0.417. The molecule has 1 aliphatic rings. The highest BCUT2D eigenvalue weighted by molar-refractivity contribution is 8.00. The monoisotopic (exact) mass is 220 g/mol. The average Bonchev–Trinajstić information content (AvgIpc) is 2.81. The number of likely N-dealkylation sites (tertiary alicyclic amines) is 1. The van der Waals surface area contributed by atoms with Crippen LogP contribution in [-0.2, 0) is 0 Å². The molecule has 1 fully saturated rings. The molecule has 0 aliphatic carbocycles. The highest BCUT2D eigenvalue weighted by Crippen LogP contribution is 2.18. The fourth-order valence-electron chi connectivity index (χ4n) is 1.75. The van der Waals surface area contributed by atoms with E-state index in [4.69, 9.17) is 5.41 Å². The van der Waals surface area contributed by atoms with E-state index < -0.39 is 0 Å². The Morgan fingerprint density at radius 2 is 1.87 bits per heavy atom. The molecule has 1 aliphatic heterocycles. The molecule has 0 saturated carbocycles. The number of nitrogens with zero attached hydrogens (tertiary/aromatic N) is 1. The molecule has 1 aromatic rings. The molecule has 3 heteroatoms. The van der Waals surface area contributed by atoms with E-state index >= 15 is 0 Å². The van der Waals surface area contributed by atoms with E-state index in [0.717, 1.165) is 24.7 Å². The summed E-state index contributed by atoms with van der Waals surface area (Å²) in [5.74, 6) is 1.57. The van der Waals surface area contributed by atoms with Crippen LogP contribution in [0.15, 0.2) is 35.2 Å². The molecule has 0 atom stereocenters. The molecule has 0 spiro atoms. The molecular formula is C12H16N2S. The van der Waals surface area contributed by atoms with Gasteiger partial charge in [-0.3, -0.25) is 5.41 Å². The molecule has 0 radical (unpaired) electrons. The minimum atomic E-state index is 0.779. The number of amidine groups is 1. The van der Waals surface area contributed by atoms with Crippen molar-refractivity contribution in [1.82, 2.24) is 4.90 Å². The second-order valence-electron chi connectivity index (χ2n) is 3.74. The van der Waals surface area contributed by atoms with Gasteiger partial charge in [-0.1, -0.05) is 18.2 Å². The van der Waals surface area contributed by atoms with Gasteiger partial charge in [-0.25, -0.2) is 0 Å². The first-order chi connectivity index (χ1) is 7.36. The topological polar surface area (TPSA) is 27.1 Å². The summed E-state index contributed by atoms with van der Waals surface area (Å²) in [5.41, 5.74) is 0. The lowest BCUT2D eigenvalue weighted by Gasteiger charge is -2.17. The molecule has 1 heterocycles. The Kier molecular flexibility index (Phi) is 3.67. The third-order valence-corrected chi connectivity index (χ3v) is 3.63. The standard InChI is InChI=1S/C12H16N2S/c13-12(14-8-4-5-9-14)10-15-11-6-2-1-3-7-11/h1-3,6-7,13H,4-5,8-10H2. The maximum Gasteiger partial charge on any atom is 0.106 e. The summed E-state index contributed by atoms with van der Waals surface area (Å²) in [6.45, 7) is 2.16. The largest absolute Gasteiger partial charge is 0.360 e. The molecule has 0 amide bonds. The molecule has 1 aromatic carbocycles. The zero-order valence-electron chi connectivity index (χ0n) is 8.78. The van der Waals surface area contributed by atoms with E-state index in [0.29, 0.717) is 0 Å². The zero-order chi connectivity index (χ0) is 10.5. The van der Waals surface area contributed by atoms with Crippen molar-refractivity contribution in [3.05, 3.63) is 30.3 Å². The van der Waals surface area contributed by atoms with Crippen LogP contribution in [0.5, 0.6) is 0 Å². The smallest absolute Gasteiger partial charge is 0.106 e. The lowest BCUT2D eigenvalue weighted by Crippen LogP contribution is -2.28. The highest BCUT2D eigenvalue weighted by Gasteiger charge is 2.14. The van der Waals surface area contributed by atoms with Crippen LogP contribution >= 0.6 is 11.8 Å². The Morgan fingerprint density at radius 3 is 2.53 bits per heavy atom. The van der Waals surface area contributed by atoms with Gasteiger partial charge in [-0.05, 0) is 25.0 Å². The Labute approximate surface area is 95.2 Å². The van der Waals surface area contributed by atoms with E-state index in [2.05, 4.69) is 17.0 Å². The fourth-order valence-corrected chi connectivity index (χ4v) is 2.58. The average molecular weight is 220 g/mol. The van der Waals surface area contributed by atoms with Crippen molar-refractivity contribution in [2.45, 2.75) is 17.7 Å². The number of benzene rings is 1. The first-order valence-electron chi connectivity index (χ1n) is 5.36. The van der Waals surface area contributed by atoms with Crippen LogP contribution in [0.25, 0.3) is 0 Å². The molecular weight excluding hydrogens is 204 g/mol. The summed E-state index contributed by atoms with van der Waals surface area (Å²) in [6, 6.07) is 10.3. The molecule has 2 rings (SSSR count). The van der Waals surface area contributed by atoms with E-state index in [9.17, 15) is 0 Å². The first-order valence-corrected chi connectivity index (χ1v) is 6.35. The highest BCUT2D eigenvalue weighted by atomic mass is 32.2. The van der Waals surface area contributed by atoms with Crippen molar-refractivity contribution in [3.8, 4) is 0 Å². The lowest BCUT2D eigenvalue weighted by molar-refractivity contribution is 0.514. The molecule has 0 unspecified atom stereocenters. The van der Waals surface area contributed by atoms with Crippen molar-refractivity contribution in [2.24, 2.45) is 0 Å². The predicted molar refractivity (Wildman–Crippen MR) is 65.7 cm³/mol. The molecule has 1 saturated heterocycles. The van der Waals surface area contributed by atoms with Gasteiger partial charge in [0.2, 0.25) is 0 Å². The van der Waals surface area contributed by atoms with E-state index in [1.165, 1.54) is 17.7 Å². The number of nitrogens with one attached hydrogen (secondary N) is 1. The van der Waals surface area contributed by atoms with Gasteiger partial charge in [0.1, 0.15) is 5.84 Å². The summed E-state index contributed by atoms with van der Waals surface area (Å²) in [4.78, 5) is 3.44. The van der Waals surface area contributed by atoms with Gasteiger partial charge >= 0.3 is 0 Å². The minimum absolute atomic E-state index is 0.779. The van der Waals surface area contributed by atoms with Crippen LogP contribution in [0.4, 0.5) is 0 Å². The summed E-state index contributed by atoms with van der Waals surface area (Å²) < 4.78 is 0. The van der Waals surface area contributed by atoms with Crippen LogP contribution < -0.4 is 0 Å². The quantitative estimate of drug-likeness (QED) is 0.482. The van der Waals surface area contributed by atoms with Crippen LogP contribution in [0.3, 0.4) is 0 Å². The first kappa shape index (κ1) is 10.6. The Balaban J connectivity index is 1.80.